The number of rotatable bonds is 6. The highest BCUT2D eigenvalue weighted by molar-refractivity contribution is 7.99. The van der Waals surface area contributed by atoms with E-state index in [4.69, 9.17) is 0 Å². The normalized spacial score (nSPS) is 11.8. The van der Waals surface area contributed by atoms with Gasteiger partial charge in [0.2, 0.25) is 0 Å². The Bertz CT molecular complexity index is 334. The molecular formula is C13H23N3S. The molecule has 96 valence electrons. The van der Waals surface area contributed by atoms with Crippen molar-refractivity contribution < 1.29 is 0 Å². The molecule has 0 fully saturated rings. The average molecular weight is 253 g/mol. The zero-order chi connectivity index (χ0) is 12.7. The summed E-state index contributed by atoms with van der Waals surface area (Å²) in [5.74, 6) is 1.02. The van der Waals surface area contributed by atoms with Gasteiger partial charge in [-0.3, -0.25) is 0 Å². The lowest BCUT2D eigenvalue weighted by atomic mass is 9.92. The van der Waals surface area contributed by atoms with E-state index >= 15 is 0 Å². The molecule has 17 heavy (non-hydrogen) atoms. The van der Waals surface area contributed by atoms with E-state index in [1.54, 1.807) is 11.8 Å². The molecule has 0 amide bonds. The maximum absolute atomic E-state index is 4.35. The van der Waals surface area contributed by atoms with Crippen LogP contribution in [-0.4, -0.2) is 28.8 Å². The van der Waals surface area contributed by atoms with Crippen molar-refractivity contribution in [3.63, 3.8) is 0 Å². The first-order valence-corrected chi connectivity index (χ1v) is 7.09. The minimum atomic E-state index is 0.416. The third-order valence-corrected chi connectivity index (χ3v) is 3.20. The molecule has 1 rings (SSSR count). The lowest BCUT2D eigenvalue weighted by molar-refractivity contribution is 0.369. The maximum atomic E-state index is 4.35. The van der Waals surface area contributed by atoms with Crippen LogP contribution in [0.4, 0.5) is 0 Å². The third kappa shape index (κ3) is 7.34. The summed E-state index contributed by atoms with van der Waals surface area (Å²) < 4.78 is 0. The van der Waals surface area contributed by atoms with Crippen molar-refractivity contribution in [2.24, 2.45) is 5.41 Å². The highest BCUT2D eigenvalue weighted by atomic mass is 32.2. The van der Waals surface area contributed by atoms with Crippen LogP contribution < -0.4 is 5.32 Å². The molecule has 1 N–H and O–H groups in total. The quantitative estimate of drug-likeness (QED) is 0.480. The van der Waals surface area contributed by atoms with Crippen LogP contribution in [0.15, 0.2) is 17.4 Å². The van der Waals surface area contributed by atoms with Gasteiger partial charge in [-0.15, -0.1) is 0 Å². The van der Waals surface area contributed by atoms with Crippen LogP contribution in [0, 0.1) is 12.3 Å². The molecule has 0 bridgehead atoms. The van der Waals surface area contributed by atoms with Gasteiger partial charge >= 0.3 is 0 Å². The van der Waals surface area contributed by atoms with Crippen molar-refractivity contribution in [3.8, 4) is 0 Å². The van der Waals surface area contributed by atoms with Crippen LogP contribution in [-0.2, 0) is 0 Å². The number of nitrogens with one attached hydrogen (secondary N) is 1. The number of nitrogens with zero attached hydrogens (tertiary/aromatic N) is 2. The molecule has 3 nitrogen and oxygen atoms in total. The number of aryl methyl sites for hydroxylation is 1. The van der Waals surface area contributed by atoms with Crippen molar-refractivity contribution in [1.29, 1.82) is 0 Å². The molecule has 1 aromatic rings. The molecule has 0 aliphatic rings. The fourth-order valence-electron chi connectivity index (χ4n) is 1.30. The van der Waals surface area contributed by atoms with Crippen LogP contribution >= 0.6 is 11.8 Å². The van der Waals surface area contributed by atoms with Crippen molar-refractivity contribution >= 4 is 11.8 Å². The van der Waals surface area contributed by atoms with E-state index in [2.05, 4.69) is 36.1 Å². The van der Waals surface area contributed by atoms with Crippen molar-refractivity contribution in [1.82, 2.24) is 15.3 Å². The summed E-state index contributed by atoms with van der Waals surface area (Å²) >= 11 is 1.71. The van der Waals surface area contributed by atoms with Crippen molar-refractivity contribution in [3.05, 3.63) is 18.0 Å². The molecule has 0 spiro atoms. The minimum absolute atomic E-state index is 0.416. The molecule has 0 unspecified atom stereocenters. The van der Waals surface area contributed by atoms with Crippen LogP contribution in [0.2, 0.25) is 0 Å². The van der Waals surface area contributed by atoms with E-state index in [0.717, 1.165) is 29.7 Å². The molecule has 1 heterocycles. The van der Waals surface area contributed by atoms with Crippen LogP contribution in [0.5, 0.6) is 0 Å². The standard InChI is InChI=1S/C13H23N3S/c1-11-5-7-15-12(16-11)17-10-9-14-8-6-13(2,3)4/h5,7,14H,6,8-10H2,1-4H3. The fourth-order valence-corrected chi connectivity index (χ4v) is 2.07. The summed E-state index contributed by atoms with van der Waals surface area (Å²) in [5.41, 5.74) is 1.45. The van der Waals surface area contributed by atoms with Gasteiger partial charge in [-0.05, 0) is 31.4 Å². The Kier molecular flexibility index (Phi) is 5.92. The smallest absolute Gasteiger partial charge is 0.187 e. The third-order valence-electron chi connectivity index (χ3n) is 2.33. The van der Waals surface area contributed by atoms with Gasteiger partial charge in [0.15, 0.2) is 5.16 Å². The first-order valence-electron chi connectivity index (χ1n) is 6.10. The van der Waals surface area contributed by atoms with Gasteiger partial charge in [-0.1, -0.05) is 32.5 Å². The zero-order valence-electron chi connectivity index (χ0n) is 11.3. The maximum Gasteiger partial charge on any atom is 0.187 e. The Morgan fingerprint density at radius 1 is 1.29 bits per heavy atom. The van der Waals surface area contributed by atoms with E-state index < -0.39 is 0 Å². The Hall–Kier alpha value is -0.610. The van der Waals surface area contributed by atoms with Gasteiger partial charge in [0.1, 0.15) is 0 Å². The molecule has 0 atom stereocenters. The van der Waals surface area contributed by atoms with Crippen molar-refractivity contribution in [2.75, 3.05) is 18.8 Å². The first-order chi connectivity index (χ1) is 7.97. The summed E-state index contributed by atoms with van der Waals surface area (Å²) in [4.78, 5) is 8.58. The monoisotopic (exact) mass is 253 g/mol. The highest BCUT2D eigenvalue weighted by Gasteiger charge is 2.08. The molecule has 0 aliphatic carbocycles. The van der Waals surface area contributed by atoms with Crippen LogP contribution in [0.25, 0.3) is 0 Å². The molecule has 0 aliphatic heterocycles. The largest absolute Gasteiger partial charge is 0.316 e. The molecule has 0 aromatic carbocycles. The number of aromatic nitrogens is 2. The Labute approximate surface area is 109 Å². The second-order valence-electron chi connectivity index (χ2n) is 5.39. The molecule has 0 radical (unpaired) electrons. The number of hydrogen-bond donors (Lipinski definition) is 1. The summed E-state index contributed by atoms with van der Waals surface area (Å²) in [6.45, 7) is 10.9. The van der Waals surface area contributed by atoms with E-state index in [9.17, 15) is 0 Å². The molecular weight excluding hydrogens is 230 g/mol. The summed E-state index contributed by atoms with van der Waals surface area (Å²) in [5, 5.41) is 4.33. The van der Waals surface area contributed by atoms with E-state index in [1.165, 1.54) is 6.42 Å². The summed E-state index contributed by atoms with van der Waals surface area (Å²) in [6, 6.07) is 1.92. The van der Waals surface area contributed by atoms with Gasteiger partial charge in [-0.2, -0.15) is 0 Å². The fraction of sp³-hybridized carbons (Fsp3) is 0.692. The highest BCUT2D eigenvalue weighted by Crippen LogP contribution is 2.17. The number of hydrogen-bond acceptors (Lipinski definition) is 4. The Balaban J connectivity index is 2.09. The Morgan fingerprint density at radius 3 is 2.71 bits per heavy atom. The predicted octanol–water partition coefficient (Wildman–Crippen LogP) is 2.90. The van der Waals surface area contributed by atoms with E-state index in [1.807, 2.05) is 19.2 Å². The van der Waals surface area contributed by atoms with Gasteiger partial charge in [0, 0.05) is 24.2 Å². The van der Waals surface area contributed by atoms with E-state index in [0.29, 0.717) is 5.41 Å². The average Bonchev–Trinajstić information content (AvgIpc) is 2.22. The van der Waals surface area contributed by atoms with Crippen LogP contribution in [0.1, 0.15) is 32.9 Å². The first kappa shape index (κ1) is 14.5. The summed E-state index contributed by atoms with van der Waals surface area (Å²) in [6.07, 6.45) is 3.02. The minimum Gasteiger partial charge on any atom is -0.316 e. The molecule has 1 aromatic heterocycles. The van der Waals surface area contributed by atoms with Crippen LogP contribution in [0.3, 0.4) is 0 Å². The lowest BCUT2D eigenvalue weighted by Gasteiger charge is -2.17. The SMILES string of the molecule is Cc1ccnc(SCCNCCC(C)(C)C)n1. The second kappa shape index (κ2) is 6.97. The van der Waals surface area contributed by atoms with Gasteiger partial charge < -0.3 is 5.32 Å². The summed E-state index contributed by atoms with van der Waals surface area (Å²) in [7, 11) is 0. The lowest BCUT2D eigenvalue weighted by Crippen LogP contribution is -2.22. The molecule has 0 saturated carbocycles. The second-order valence-corrected chi connectivity index (χ2v) is 6.45. The van der Waals surface area contributed by atoms with E-state index in [-0.39, 0.29) is 0 Å². The molecule has 0 saturated heterocycles. The van der Waals surface area contributed by atoms with Gasteiger partial charge in [-0.25, -0.2) is 9.97 Å². The van der Waals surface area contributed by atoms with Crippen molar-refractivity contribution in [2.45, 2.75) is 39.3 Å². The zero-order valence-corrected chi connectivity index (χ0v) is 12.1. The molecule has 4 heteroatoms. The van der Waals surface area contributed by atoms with Gasteiger partial charge in [0.05, 0.1) is 0 Å². The predicted molar refractivity (Wildman–Crippen MR) is 74.4 cm³/mol. The Morgan fingerprint density at radius 2 is 2.06 bits per heavy atom. The van der Waals surface area contributed by atoms with Gasteiger partial charge in [0.25, 0.3) is 0 Å². The number of thioether (sulfide) groups is 1. The topological polar surface area (TPSA) is 37.8 Å².